The smallest absolute Gasteiger partial charge is 0.336 e. The molecule has 0 amide bonds. The summed E-state index contributed by atoms with van der Waals surface area (Å²) in [7, 11) is 0. The zero-order valence-corrected chi connectivity index (χ0v) is 9.86. The van der Waals surface area contributed by atoms with Gasteiger partial charge in [0.25, 0.3) is 0 Å². The Morgan fingerprint density at radius 3 is 1.33 bits per heavy atom. The minimum atomic E-state index is -2.74. The number of carbonyl (C=O) groups is 3. The number of hydrogen-bond donors (Lipinski definition) is 4. The quantitative estimate of drug-likeness (QED) is 0.466. The molecule has 0 saturated carbocycles. The Bertz CT molecular complexity index is 238. The van der Waals surface area contributed by atoms with Gasteiger partial charge in [-0.15, -0.1) is 0 Å². The van der Waals surface area contributed by atoms with Crippen molar-refractivity contribution in [2.24, 2.45) is 0 Å². The van der Waals surface area contributed by atoms with Gasteiger partial charge in [0.05, 0.1) is 12.8 Å². The molecule has 0 saturated heterocycles. The molecule has 0 rings (SSSR count). The van der Waals surface area contributed by atoms with E-state index >= 15 is 0 Å². The van der Waals surface area contributed by atoms with Gasteiger partial charge in [0.2, 0.25) is 0 Å². The Morgan fingerprint density at radius 2 is 1.20 bits per heavy atom. The molecule has 4 N–H and O–H groups in total. The summed E-state index contributed by atoms with van der Waals surface area (Å²) in [4.78, 5) is 30.5. The summed E-state index contributed by atoms with van der Waals surface area (Å²) < 4.78 is 0. The zero-order chi connectivity index (χ0) is 10.6. The van der Waals surface area contributed by atoms with E-state index in [1.54, 1.807) is 0 Å². The van der Waals surface area contributed by atoms with Crippen molar-refractivity contribution < 1.29 is 73.3 Å². The van der Waals surface area contributed by atoms with Crippen molar-refractivity contribution in [3.8, 4) is 0 Å². The van der Waals surface area contributed by atoms with E-state index in [1.807, 2.05) is 0 Å². The first kappa shape index (κ1) is 20.1. The first-order valence-electron chi connectivity index (χ1n) is 3.17. The Morgan fingerprint density at radius 1 is 0.933 bits per heavy atom. The van der Waals surface area contributed by atoms with E-state index in [0.717, 1.165) is 0 Å². The summed E-state index contributed by atoms with van der Waals surface area (Å²) in [5.41, 5.74) is -2.74. The van der Waals surface area contributed by atoms with E-state index in [0.29, 0.717) is 0 Å². The molecule has 9 heteroatoms. The summed E-state index contributed by atoms with van der Waals surface area (Å²) in [5.74, 6) is -5.02. The normalized spacial score (nSPS) is 9.40. The summed E-state index contributed by atoms with van der Waals surface area (Å²) in [6.07, 6.45) is -2.29. The molecule has 87 valence electrons. The third kappa shape index (κ3) is 7.51. The summed E-state index contributed by atoms with van der Waals surface area (Å²) in [6.45, 7) is 0. The van der Waals surface area contributed by atoms with E-state index in [1.165, 1.54) is 0 Å². The number of rotatable bonds is 5. The summed E-state index contributed by atoms with van der Waals surface area (Å²) in [5, 5.41) is 33.8. The van der Waals surface area contributed by atoms with Gasteiger partial charge in [-0.3, -0.25) is 9.59 Å². The van der Waals surface area contributed by atoms with Crippen LogP contribution in [0.15, 0.2) is 0 Å². The Hall–Kier alpha value is -0.409. The van der Waals surface area contributed by atoms with Crippen LogP contribution in [0, 0.1) is 0 Å². The number of aliphatic carboxylic acids is 3. The van der Waals surface area contributed by atoms with Gasteiger partial charge in [0.15, 0.2) is 5.60 Å². The van der Waals surface area contributed by atoms with Gasteiger partial charge < -0.3 is 20.4 Å². The molecule has 0 atom stereocenters. The number of carboxylic acid groups (broad SMARTS) is 3. The van der Waals surface area contributed by atoms with Crippen LogP contribution < -0.4 is 0 Å². The van der Waals surface area contributed by atoms with E-state index in [4.69, 9.17) is 20.4 Å². The van der Waals surface area contributed by atoms with Crippen LogP contribution >= 0.6 is 0 Å². The second-order valence-electron chi connectivity index (χ2n) is 2.48. The molecule has 0 spiro atoms. The first-order chi connectivity index (χ1) is 5.78. The van der Waals surface area contributed by atoms with Gasteiger partial charge in [-0.25, -0.2) is 4.79 Å². The van der Waals surface area contributed by atoms with E-state index in [2.05, 4.69) is 0 Å². The van der Waals surface area contributed by atoms with Crippen molar-refractivity contribution in [2.75, 3.05) is 0 Å². The fourth-order valence-corrected chi connectivity index (χ4v) is 0.714. The Kier molecular flexibility index (Phi) is 10.5. The van der Waals surface area contributed by atoms with Crippen LogP contribution in [0.4, 0.5) is 0 Å². The molecule has 0 fully saturated rings. The molecular weight excluding hydrogens is 291 g/mol. The van der Waals surface area contributed by atoms with Crippen LogP contribution in [-0.4, -0.2) is 43.9 Å². The number of aliphatic hydroxyl groups is 1. The van der Waals surface area contributed by atoms with Crippen molar-refractivity contribution in [1.82, 2.24) is 0 Å². The molecule has 0 heterocycles. The predicted octanol–water partition coefficient (Wildman–Crippen LogP) is -1.25. The number of hydrogen-bond acceptors (Lipinski definition) is 4. The van der Waals surface area contributed by atoms with E-state index in [-0.39, 0.29) is 38.5 Å². The van der Waals surface area contributed by atoms with Crippen LogP contribution in [0.25, 0.3) is 0 Å². The molecule has 0 aliphatic rings. The number of carboxylic acids is 3. The monoisotopic (exact) mass is 299 g/mol. The van der Waals surface area contributed by atoms with Crippen LogP contribution in [0.3, 0.4) is 0 Å². The van der Waals surface area contributed by atoms with Crippen molar-refractivity contribution in [2.45, 2.75) is 18.4 Å². The van der Waals surface area contributed by atoms with Crippen LogP contribution in [-0.2, 0) is 52.9 Å². The summed E-state index contributed by atoms with van der Waals surface area (Å²) in [6, 6.07) is 0. The van der Waals surface area contributed by atoms with E-state index in [9.17, 15) is 14.4 Å². The van der Waals surface area contributed by atoms with Gasteiger partial charge in [-0.2, -0.15) is 0 Å². The minimum absolute atomic E-state index is 0. The largest absolute Gasteiger partial charge is 0.481 e. The molecule has 0 aliphatic heterocycles. The molecule has 1 radical (unpaired) electrons. The molecule has 0 aromatic rings. The average molecular weight is 299 g/mol. The van der Waals surface area contributed by atoms with Crippen LogP contribution in [0.2, 0.25) is 0 Å². The Balaban J connectivity index is -0.000000720. The van der Waals surface area contributed by atoms with Gasteiger partial charge in [-0.1, -0.05) is 0 Å². The molecule has 0 aromatic carbocycles. The molecular formula is C6H8CoO7Ti. The first-order valence-corrected chi connectivity index (χ1v) is 3.17. The maximum absolute atomic E-state index is 10.3. The van der Waals surface area contributed by atoms with Crippen LogP contribution in [0.5, 0.6) is 0 Å². The maximum atomic E-state index is 10.3. The topological polar surface area (TPSA) is 132 Å². The predicted molar refractivity (Wildman–Crippen MR) is 37.1 cm³/mol. The van der Waals surface area contributed by atoms with Crippen LogP contribution in [0.1, 0.15) is 12.8 Å². The van der Waals surface area contributed by atoms with Gasteiger partial charge >= 0.3 is 17.9 Å². The maximum Gasteiger partial charge on any atom is 0.336 e. The second kappa shape index (κ2) is 7.83. The minimum Gasteiger partial charge on any atom is -0.481 e. The fourth-order valence-electron chi connectivity index (χ4n) is 0.714. The summed E-state index contributed by atoms with van der Waals surface area (Å²) >= 11 is 0. The van der Waals surface area contributed by atoms with Gasteiger partial charge in [0, 0.05) is 38.5 Å². The molecule has 0 unspecified atom stereocenters. The third-order valence-electron chi connectivity index (χ3n) is 1.29. The molecule has 0 aromatic heterocycles. The molecule has 15 heavy (non-hydrogen) atoms. The zero-order valence-electron chi connectivity index (χ0n) is 7.26. The molecule has 7 nitrogen and oxygen atoms in total. The molecule has 0 bridgehead atoms. The third-order valence-corrected chi connectivity index (χ3v) is 1.29. The van der Waals surface area contributed by atoms with Crippen molar-refractivity contribution in [3.63, 3.8) is 0 Å². The van der Waals surface area contributed by atoms with Crippen molar-refractivity contribution in [3.05, 3.63) is 0 Å². The van der Waals surface area contributed by atoms with Gasteiger partial charge in [0.1, 0.15) is 0 Å². The van der Waals surface area contributed by atoms with Crippen molar-refractivity contribution in [1.29, 1.82) is 0 Å². The standard InChI is InChI=1S/C6H8O7.Co.Ti/c7-3(8)1-6(13,5(11)12)2-4(9)10;;/h13H,1-2H2,(H,7,8)(H,9,10)(H,11,12);;. The van der Waals surface area contributed by atoms with Crippen molar-refractivity contribution >= 4 is 17.9 Å². The van der Waals surface area contributed by atoms with E-state index < -0.39 is 36.4 Å². The SMILES string of the molecule is O=C(O)CC(O)(CC(=O)O)C(=O)O.[Co].[Ti]. The van der Waals surface area contributed by atoms with Gasteiger partial charge in [-0.05, 0) is 0 Å². The Labute approximate surface area is 110 Å². The fraction of sp³-hybridized carbons (Fsp3) is 0.500. The second-order valence-corrected chi connectivity index (χ2v) is 2.48. The average Bonchev–Trinajstić information content (AvgIpc) is 1.82. The molecule has 0 aliphatic carbocycles.